The second-order valence-electron chi connectivity index (χ2n) is 6.46. The van der Waals surface area contributed by atoms with Crippen LogP contribution in [0, 0.1) is 0 Å². The maximum absolute atomic E-state index is 4.56. The van der Waals surface area contributed by atoms with Crippen molar-refractivity contribution in [2.45, 2.75) is 0 Å². The summed E-state index contributed by atoms with van der Waals surface area (Å²) in [6.45, 7) is 0. The molecule has 0 radical (unpaired) electrons. The number of benzene rings is 2. The van der Waals surface area contributed by atoms with Crippen LogP contribution in [0.4, 0.5) is 11.4 Å². The molecule has 3 heterocycles. The number of nitrogens with one attached hydrogen (secondary N) is 1. The molecular formula is C23H17N5. The topological polar surface area (TPSA) is 55.6 Å². The highest BCUT2D eigenvalue weighted by Gasteiger charge is 2.06. The van der Waals surface area contributed by atoms with Crippen LogP contribution in [0.2, 0.25) is 0 Å². The van der Waals surface area contributed by atoms with Crippen molar-refractivity contribution in [2.24, 2.45) is 0 Å². The number of nitrogens with zero attached hydrogens (tertiary/aromatic N) is 4. The summed E-state index contributed by atoms with van der Waals surface area (Å²) in [5.41, 5.74) is 4.98. The normalized spacial score (nSPS) is 10.9. The molecule has 2 aromatic carbocycles. The zero-order valence-electron chi connectivity index (χ0n) is 15.0. The number of pyridine rings is 2. The van der Waals surface area contributed by atoms with Crippen LogP contribution in [-0.2, 0) is 0 Å². The molecular weight excluding hydrogens is 346 g/mol. The molecule has 0 aliphatic rings. The summed E-state index contributed by atoms with van der Waals surface area (Å²) < 4.78 is 1.84. The van der Waals surface area contributed by atoms with Crippen LogP contribution >= 0.6 is 0 Å². The van der Waals surface area contributed by atoms with Crippen LogP contribution < -0.4 is 5.32 Å². The van der Waals surface area contributed by atoms with Gasteiger partial charge in [-0.25, -0.2) is 4.68 Å². The zero-order chi connectivity index (χ0) is 18.8. The van der Waals surface area contributed by atoms with Crippen molar-refractivity contribution < 1.29 is 0 Å². The molecule has 3 aromatic heterocycles. The molecule has 0 fully saturated rings. The molecule has 0 bridgehead atoms. The third-order valence-electron chi connectivity index (χ3n) is 4.63. The lowest BCUT2D eigenvalue weighted by atomic mass is 10.1. The van der Waals surface area contributed by atoms with Gasteiger partial charge in [0.1, 0.15) is 0 Å². The van der Waals surface area contributed by atoms with Gasteiger partial charge in [0.05, 0.1) is 11.4 Å². The summed E-state index contributed by atoms with van der Waals surface area (Å²) >= 11 is 0. The molecule has 5 nitrogen and oxygen atoms in total. The predicted molar refractivity (Wildman–Crippen MR) is 112 cm³/mol. The van der Waals surface area contributed by atoms with Crippen molar-refractivity contribution in [2.75, 3.05) is 5.32 Å². The van der Waals surface area contributed by atoms with Gasteiger partial charge in [-0.05, 0) is 42.5 Å². The first kappa shape index (κ1) is 16.2. The fourth-order valence-electron chi connectivity index (χ4n) is 3.28. The van der Waals surface area contributed by atoms with Crippen LogP contribution in [0.1, 0.15) is 0 Å². The van der Waals surface area contributed by atoms with Crippen LogP contribution in [0.5, 0.6) is 0 Å². The first-order valence-electron chi connectivity index (χ1n) is 9.03. The van der Waals surface area contributed by atoms with E-state index in [-0.39, 0.29) is 0 Å². The summed E-state index contributed by atoms with van der Waals surface area (Å²) in [5, 5.41) is 10.1. The zero-order valence-corrected chi connectivity index (χ0v) is 15.0. The lowest BCUT2D eigenvalue weighted by Crippen LogP contribution is -1.96. The number of hydrogen-bond acceptors (Lipinski definition) is 4. The maximum atomic E-state index is 4.56. The largest absolute Gasteiger partial charge is 0.355 e. The molecule has 0 atom stereocenters. The Morgan fingerprint density at radius 2 is 1.79 bits per heavy atom. The second kappa shape index (κ2) is 6.96. The van der Waals surface area contributed by atoms with E-state index in [2.05, 4.69) is 50.7 Å². The standard InChI is InChI=1S/C23H17N5/c1-4-17(14-20(6-1)28-13-3-10-26-28)23-15-19(8-12-25-23)27-22-7-2-5-18-16-24-11-9-21(18)22/h1-16H,(H,25,27). The van der Waals surface area contributed by atoms with Crippen molar-refractivity contribution >= 4 is 22.1 Å². The molecule has 5 heteroatoms. The minimum absolute atomic E-state index is 0.904. The highest BCUT2D eigenvalue weighted by molar-refractivity contribution is 5.94. The Labute approximate surface area is 162 Å². The van der Waals surface area contributed by atoms with Gasteiger partial charge in [0.15, 0.2) is 0 Å². The van der Waals surface area contributed by atoms with Crippen LogP contribution in [0.3, 0.4) is 0 Å². The Hall–Kier alpha value is -3.99. The monoisotopic (exact) mass is 363 g/mol. The number of anilines is 2. The highest BCUT2D eigenvalue weighted by Crippen LogP contribution is 2.28. The Kier molecular flexibility index (Phi) is 4.03. The van der Waals surface area contributed by atoms with E-state index in [0.29, 0.717) is 0 Å². The van der Waals surface area contributed by atoms with Crippen molar-refractivity contribution in [3.63, 3.8) is 0 Å². The first-order valence-corrected chi connectivity index (χ1v) is 9.03. The fourth-order valence-corrected chi connectivity index (χ4v) is 3.28. The van der Waals surface area contributed by atoms with Gasteiger partial charge in [-0.2, -0.15) is 5.10 Å². The van der Waals surface area contributed by atoms with Crippen LogP contribution in [0.25, 0.3) is 27.7 Å². The van der Waals surface area contributed by atoms with Crippen molar-refractivity contribution in [3.8, 4) is 16.9 Å². The summed E-state index contributed by atoms with van der Waals surface area (Å²) in [7, 11) is 0. The van der Waals surface area contributed by atoms with E-state index in [1.165, 1.54) is 0 Å². The molecule has 0 aliphatic carbocycles. The molecule has 1 N–H and O–H groups in total. The summed E-state index contributed by atoms with van der Waals surface area (Å²) in [5.74, 6) is 0. The lowest BCUT2D eigenvalue weighted by molar-refractivity contribution is 0.881. The van der Waals surface area contributed by atoms with E-state index in [0.717, 1.165) is 39.1 Å². The van der Waals surface area contributed by atoms with Crippen LogP contribution in [-0.4, -0.2) is 19.7 Å². The van der Waals surface area contributed by atoms with E-state index in [4.69, 9.17) is 0 Å². The third-order valence-corrected chi connectivity index (χ3v) is 4.63. The number of aromatic nitrogens is 4. The van der Waals surface area contributed by atoms with E-state index in [9.17, 15) is 0 Å². The van der Waals surface area contributed by atoms with Gasteiger partial charge in [0.25, 0.3) is 0 Å². The summed E-state index contributed by atoms with van der Waals surface area (Å²) in [6, 6.07) is 22.3. The summed E-state index contributed by atoms with van der Waals surface area (Å²) in [4.78, 5) is 8.76. The number of fused-ring (bicyclic) bond motifs is 1. The molecule has 0 spiro atoms. The van der Waals surface area contributed by atoms with Crippen molar-refractivity contribution in [3.05, 3.63) is 97.7 Å². The van der Waals surface area contributed by atoms with Gasteiger partial charge in [-0.1, -0.05) is 24.3 Å². The quantitative estimate of drug-likeness (QED) is 0.475. The van der Waals surface area contributed by atoms with E-state index in [1.807, 2.05) is 65.9 Å². The molecule has 0 unspecified atom stereocenters. The number of rotatable bonds is 4. The fraction of sp³-hybridized carbons (Fsp3) is 0. The SMILES string of the molecule is c1cc(-c2cc(Nc3cccc4cnccc34)ccn2)cc(-n2cccn2)c1. The minimum Gasteiger partial charge on any atom is -0.355 e. The highest BCUT2D eigenvalue weighted by atomic mass is 15.3. The van der Waals surface area contributed by atoms with Crippen molar-refractivity contribution in [1.29, 1.82) is 0 Å². The Morgan fingerprint density at radius 1 is 0.821 bits per heavy atom. The van der Waals surface area contributed by atoms with E-state index >= 15 is 0 Å². The minimum atomic E-state index is 0.904. The van der Waals surface area contributed by atoms with E-state index < -0.39 is 0 Å². The molecule has 0 aliphatic heterocycles. The molecule has 0 saturated heterocycles. The molecule has 5 rings (SSSR count). The van der Waals surface area contributed by atoms with Gasteiger partial charge >= 0.3 is 0 Å². The van der Waals surface area contributed by atoms with Gasteiger partial charge < -0.3 is 5.32 Å². The first-order chi connectivity index (χ1) is 13.9. The molecule has 0 amide bonds. The maximum Gasteiger partial charge on any atom is 0.0723 e. The lowest BCUT2D eigenvalue weighted by Gasteiger charge is -2.11. The third kappa shape index (κ3) is 3.10. The Balaban J connectivity index is 1.50. The van der Waals surface area contributed by atoms with Crippen molar-refractivity contribution in [1.82, 2.24) is 19.7 Å². The number of hydrogen-bond donors (Lipinski definition) is 1. The summed E-state index contributed by atoms with van der Waals surface area (Å²) in [6.07, 6.45) is 9.21. The molecule has 134 valence electrons. The van der Waals surface area contributed by atoms with Gasteiger partial charge in [-0.15, -0.1) is 0 Å². The smallest absolute Gasteiger partial charge is 0.0723 e. The average molecular weight is 363 g/mol. The molecule has 0 saturated carbocycles. The predicted octanol–water partition coefficient (Wildman–Crippen LogP) is 5.23. The Bertz CT molecular complexity index is 1240. The van der Waals surface area contributed by atoms with Gasteiger partial charge in [0.2, 0.25) is 0 Å². The van der Waals surface area contributed by atoms with Crippen LogP contribution in [0.15, 0.2) is 97.7 Å². The molecule has 5 aromatic rings. The second-order valence-corrected chi connectivity index (χ2v) is 6.46. The van der Waals surface area contributed by atoms with Gasteiger partial charge in [-0.3, -0.25) is 9.97 Å². The van der Waals surface area contributed by atoms with E-state index in [1.54, 1.807) is 6.20 Å². The van der Waals surface area contributed by atoms with Gasteiger partial charge in [0, 0.05) is 58.7 Å². The average Bonchev–Trinajstić information content (AvgIpc) is 3.30. The Morgan fingerprint density at radius 3 is 2.71 bits per heavy atom. The molecule has 28 heavy (non-hydrogen) atoms.